The largest absolute Gasteiger partial charge is 0.505 e. The van der Waals surface area contributed by atoms with Crippen molar-refractivity contribution in [3.05, 3.63) is 41.6 Å². The molecule has 0 fully saturated rings. The molecule has 1 aliphatic rings. The number of anilines is 1. The number of aromatic hydroxyl groups is 1. The topological polar surface area (TPSA) is 82.5 Å². The number of carboxylic acids is 1. The van der Waals surface area contributed by atoms with Crippen molar-refractivity contribution in [3.63, 3.8) is 0 Å². The van der Waals surface area contributed by atoms with E-state index in [1.54, 1.807) is 6.07 Å². The number of aromatic carboxylic acids is 1. The predicted molar refractivity (Wildman–Crippen MR) is 75.1 cm³/mol. The maximum atomic E-state index is 11.0. The molecule has 2 aromatic rings. The highest BCUT2D eigenvalue weighted by molar-refractivity contribution is 5.89. The Morgan fingerprint density at radius 1 is 1.25 bits per heavy atom. The second-order valence-corrected chi connectivity index (χ2v) is 4.77. The number of carboxylic acid groups (broad SMARTS) is 1. The molecular formula is C15H14N2O3. The van der Waals surface area contributed by atoms with Crippen LogP contribution in [0.3, 0.4) is 0 Å². The number of hydrogen-bond donors (Lipinski definition) is 3. The van der Waals surface area contributed by atoms with Gasteiger partial charge in [-0.3, -0.25) is 0 Å². The van der Waals surface area contributed by atoms with Gasteiger partial charge in [-0.2, -0.15) is 0 Å². The van der Waals surface area contributed by atoms with Gasteiger partial charge in [0.1, 0.15) is 5.75 Å². The van der Waals surface area contributed by atoms with Crippen molar-refractivity contribution >= 4 is 11.7 Å². The van der Waals surface area contributed by atoms with E-state index in [2.05, 4.69) is 10.3 Å². The van der Waals surface area contributed by atoms with E-state index in [0.717, 1.165) is 30.6 Å². The van der Waals surface area contributed by atoms with Crippen LogP contribution in [0.4, 0.5) is 5.69 Å². The van der Waals surface area contributed by atoms with Crippen LogP contribution in [-0.4, -0.2) is 27.7 Å². The minimum Gasteiger partial charge on any atom is -0.505 e. The summed E-state index contributed by atoms with van der Waals surface area (Å²) in [6, 6.07) is 8.91. The van der Waals surface area contributed by atoms with E-state index in [-0.39, 0.29) is 11.4 Å². The average molecular weight is 270 g/mol. The van der Waals surface area contributed by atoms with Gasteiger partial charge in [0.25, 0.3) is 0 Å². The van der Waals surface area contributed by atoms with Gasteiger partial charge in [0.2, 0.25) is 0 Å². The summed E-state index contributed by atoms with van der Waals surface area (Å²) in [5.41, 5.74) is 3.38. The van der Waals surface area contributed by atoms with E-state index < -0.39 is 5.97 Å². The fourth-order valence-electron chi connectivity index (χ4n) is 2.39. The number of rotatable bonds is 2. The zero-order chi connectivity index (χ0) is 14.1. The molecule has 0 atom stereocenters. The molecule has 1 aromatic heterocycles. The van der Waals surface area contributed by atoms with Gasteiger partial charge in [0.05, 0.1) is 5.69 Å². The van der Waals surface area contributed by atoms with Crippen LogP contribution >= 0.6 is 0 Å². The third-order valence-electron chi connectivity index (χ3n) is 3.42. The highest BCUT2D eigenvalue weighted by Crippen LogP contribution is 2.29. The number of nitrogens with one attached hydrogen (secondary N) is 1. The van der Waals surface area contributed by atoms with Gasteiger partial charge in [0.15, 0.2) is 5.69 Å². The molecule has 1 aromatic carbocycles. The van der Waals surface area contributed by atoms with Gasteiger partial charge in [0, 0.05) is 17.8 Å². The number of nitrogens with zero attached hydrogens (tertiary/aromatic N) is 1. The Morgan fingerprint density at radius 2 is 2.10 bits per heavy atom. The smallest absolute Gasteiger partial charge is 0.358 e. The molecule has 0 saturated heterocycles. The standard InChI is InChI=1S/C15H14N2O3/c18-13-6-5-11(17-14(13)15(19)20)10-4-3-9-2-1-7-16-12(9)8-10/h3-6,8,16,18H,1-2,7H2,(H,19,20). The number of pyridine rings is 1. The number of fused-ring (bicyclic) bond motifs is 1. The van der Waals surface area contributed by atoms with Gasteiger partial charge in [-0.15, -0.1) is 0 Å². The fourth-order valence-corrected chi connectivity index (χ4v) is 2.39. The molecule has 20 heavy (non-hydrogen) atoms. The number of aromatic nitrogens is 1. The Morgan fingerprint density at radius 3 is 2.90 bits per heavy atom. The molecule has 0 radical (unpaired) electrons. The van der Waals surface area contributed by atoms with Crippen molar-refractivity contribution < 1.29 is 15.0 Å². The first-order valence-electron chi connectivity index (χ1n) is 6.45. The second-order valence-electron chi connectivity index (χ2n) is 4.77. The maximum absolute atomic E-state index is 11.0. The molecule has 1 aliphatic heterocycles. The van der Waals surface area contributed by atoms with Crippen LogP contribution in [0.1, 0.15) is 22.5 Å². The molecule has 0 aliphatic carbocycles. The van der Waals surface area contributed by atoms with E-state index in [4.69, 9.17) is 5.11 Å². The van der Waals surface area contributed by atoms with E-state index in [9.17, 15) is 9.90 Å². The molecule has 0 spiro atoms. The normalized spacial score (nSPS) is 13.4. The van der Waals surface area contributed by atoms with Crippen LogP contribution in [-0.2, 0) is 6.42 Å². The van der Waals surface area contributed by atoms with E-state index >= 15 is 0 Å². The molecule has 0 bridgehead atoms. The lowest BCUT2D eigenvalue weighted by molar-refractivity contribution is 0.0687. The van der Waals surface area contributed by atoms with Gasteiger partial charge >= 0.3 is 5.97 Å². The monoisotopic (exact) mass is 270 g/mol. The maximum Gasteiger partial charge on any atom is 0.358 e. The summed E-state index contributed by atoms with van der Waals surface area (Å²) in [4.78, 5) is 15.0. The number of benzene rings is 1. The highest BCUT2D eigenvalue weighted by atomic mass is 16.4. The minimum atomic E-state index is -1.24. The molecule has 0 amide bonds. The highest BCUT2D eigenvalue weighted by Gasteiger charge is 2.14. The van der Waals surface area contributed by atoms with Crippen LogP contribution in [0, 0.1) is 0 Å². The van der Waals surface area contributed by atoms with Crippen LogP contribution in [0.15, 0.2) is 30.3 Å². The first kappa shape index (κ1) is 12.5. The van der Waals surface area contributed by atoms with Crippen molar-refractivity contribution in [1.29, 1.82) is 0 Å². The molecule has 0 unspecified atom stereocenters. The average Bonchev–Trinajstić information content (AvgIpc) is 2.47. The predicted octanol–water partition coefficient (Wildman–Crippen LogP) is 2.51. The van der Waals surface area contributed by atoms with E-state index in [0.29, 0.717) is 5.69 Å². The van der Waals surface area contributed by atoms with Crippen LogP contribution in [0.5, 0.6) is 5.75 Å². The summed E-state index contributed by atoms with van der Waals surface area (Å²) in [6.07, 6.45) is 2.17. The van der Waals surface area contributed by atoms with Crippen LogP contribution < -0.4 is 5.32 Å². The molecular weight excluding hydrogens is 256 g/mol. The summed E-state index contributed by atoms with van der Waals surface area (Å²) in [7, 11) is 0. The molecule has 5 nitrogen and oxygen atoms in total. The number of hydrogen-bond acceptors (Lipinski definition) is 4. The summed E-state index contributed by atoms with van der Waals surface area (Å²) >= 11 is 0. The van der Waals surface area contributed by atoms with Crippen LogP contribution in [0.2, 0.25) is 0 Å². The van der Waals surface area contributed by atoms with E-state index in [1.165, 1.54) is 11.6 Å². The minimum absolute atomic E-state index is 0.322. The molecule has 2 heterocycles. The molecule has 5 heteroatoms. The summed E-state index contributed by atoms with van der Waals surface area (Å²) in [5, 5.41) is 21.8. The van der Waals surface area contributed by atoms with Crippen molar-refractivity contribution in [2.45, 2.75) is 12.8 Å². The Kier molecular flexibility index (Phi) is 3.02. The first-order chi connectivity index (χ1) is 9.65. The lowest BCUT2D eigenvalue weighted by Gasteiger charge is -2.18. The zero-order valence-corrected chi connectivity index (χ0v) is 10.8. The molecule has 3 rings (SSSR count). The molecule has 0 saturated carbocycles. The number of carbonyl (C=O) groups is 1. The van der Waals surface area contributed by atoms with Gasteiger partial charge in [-0.1, -0.05) is 12.1 Å². The Balaban J connectivity index is 2.05. The second kappa shape index (κ2) is 4.85. The summed E-state index contributed by atoms with van der Waals surface area (Å²) in [5.74, 6) is -1.56. The Bertz CT molecular complexity index is 683. The zero-order valence-electron chi connectivity index (χ0n) is 10.8. The third kappa shape index (κ3) is 2.18. The Labute approximate surface area is 115 Å². The quantitative estimate of drug-likeness (QED) is 0.781. The number of aryl methyl sites for hydroxylation is 1. The summed E-state index contributed by atoms with van der Waals surface area (Å²) in [6.45, 7) is 0.944. The van der Waals surface area contributed by atoms with Crippen molar-refractivity contribution in [2.24, 2.45) is 0 Å². The van der Waals surface area contributed by atoms with Crippen molar-refractivity contribution in [1.82, 2.24) is 4.98 Å². The fraction of sp³-hybridized carbons (Fsp3) is 0.200. The van der Waals surface area contributed by atoms with Crippen molar-refractivity contribution in [3.8, 4) is 17.0 Å². The van der Waals surface area contributed by atoms with Gasteiger partial charge < -0.3 is 15.5 Å². The lowest BCUT2D eigenvalue weighted by Crippen LogP contribution is -2.11. The third-order valence-corrected chi connectivity index (χ3v) is 3.42. The van der Waals surface area contributed by atoms with E-state index in [1.807, 2.05) is 18.2 Å². The molecule has 102 valence electrons. The Hall–Kier alpha value is -2.56. The SMILES string of the molecule is O=C(O)c1nc(-c2ccc3c(c2)NCCC3)ccc1O. The van der Waals surface area contributed by atoms with Gasteiger partial charge in [-0.25, -0.2) is 9.78 Å². The lowest BCUT2D eigenvalue weighted by atomic mass is 10.00. The molecule has 3 N–H and O–H groups in total. The first-order valence-corrected chi connectivity index (χ1v) is 6.45. The van der Waals surface area contributed by atoms with Crippen LogP contribution in [0.25, 0.3) is 11.3 Å². The summed E-state index contributed by atoms with van der Waals surface area (Å²) < 4.78 is 0. The van der Waals surface area contributed by atoms with Gasteiger partial charge in [-0.05, 0) is 36.6 Å². The van der Waals surface area contributed by atoms with Crippen molar-refractivity contribution in [2.75, 3.05) is 11.9 Å².